The maximum atomic E-state index is 9.41. The Hall–Kier alpha value is -2.87. The van der Waals surface area contributed by atoms with Crippen LogP contribution in [0.4, 0.5) is 0 Å². The highest BCUT2D eigenvalue weighted by Gasteiger charge is 2.12. The fourth-order valence-electron chi connectivity index (χ4n) is 2.48. The molecular weight excluding hydrogens is 354 g/mol. The molecule has 7 nitrogen and oxygen atoms in total. The molecule has 2 N–H and O–H groups in total. The van der Waals surface area contributed by atoms with E-state index in [-0.39, 0.29) is 0 Å². The molecule has 1 aromatic heterocycles. The minimum atomic E-state index is 0.433. The molecule has 26 heavy (non-hydrogen) atoms. The molecule has 0 fully saturated rings. The van der Waals surface area contributed by atoms with Gasteiger partial charge in [-0.3, -0.25) is 0 Å². The predicted molar refractivity (Wildman–Crippen MR) is 101 cm³/mol. The van der Waals surface area contributed by atoms with Crippen LogP contribution in [0, 0.1) is 0 Å². The summed E-state index contributed by atoms with van der Waals surface area (Å²) in [6.45, 7) is 0. The zero-order valence-electron chi connectivity index (χ0n) is 14.6. The molecule has 0 bridgehead atoms. The number of thioether (sulfide) groups is 1. The van der Waals surface area contributed by atoms with Crippen LogP contribution >= 0.6 is 11.8 Å². The second-order valence-electron chi connectivity index (χ2n) is 5.33. The van der Waals surface area contributed by atoms with Crippen LogP contribution in [0.3, 0.4) is 0 Å². The van der Waals surface area contributed by atoms with Crippen molar-refractivity contribution in [2.24, 2.45) is 5.16 Å². The van der Waals surface area contributed by atoms with Gasteiger partial charge in [-0.05, 0) is 30.3 Å². The van der Waals surface area contributed by atoms with Gasteiger partial charge < -0.3 is 24.4 Å². The monoisotopic (exact) mass is 373 g/mol. The lowest BCUT2D eigenvalue weighted by Crippen LogP contribution is -2.05. The van der Waals surface area contributed by atoms with E-state index >= 15 is 0 Å². The molecule has 136 valence electrons. The van der Waals surface area contributed by atoms with E-state index in [9.17, 15) is 5.21 Å². The van der Waals surface area contributed by atoms with Gasteiger partial charge in [0.05, 0.1) is 38.1 Å². The van der Waals surface area contributed by atoms with Crippen LogP contribution in [-0.4, -0.2) is 48.0 Å². The topological polar surface area (TPSA) is 89.0 Å². The van der Waals surface area contributed by atoms with E-state index in [2.05, 4.69) is 15.1 Å². The molecule has 0 atom stereocenters. The Morgan fingerprint density at radius 1 is 1.08 bits per heavy atom. The summed E-state index contributed by atoms with van der Waals surface area (Å²) in [6, 6.07) is 11.0. The number of benzene rings is 2. The summed E-state index contributed by atoms with van der Waals surface area (Å²) in [6.07, 6.45) is 0. The summed E-state index contributed by atoms with van der Waals surface area (Å²) in [5, 5.41) is 13.6. The van der Waals surface area contributed by atoms with Gasteiger partial charge >= 0.3 is 0 Å². The number of imidazole rings is 1. The number of nitrogens with one attached hydrogen (secondary N) is 1. The average Bonchev–Trinajstić information content (AvgIpc) is 3.10. The Labute approximate surface area is 155 Å². The molecule has 0 amide bonds. The zero-order valence-corrected chi connectivity index (χ0v) is 15.5. The third kappa shape index (κ3) is 3.70. The molecule has 0 saturated heterocycles. The SMILES string of the molecule is COc1ccc2nc(SC/C(=N\O)c3ccc(OC)c(OC)c3)[nH]c2c1. The maximum Gasteiger partial charge on any atom is 0.166 e. The Morgan fingerprint density at radius 3 is 2.58 bits per heavy atom. The third-order valence-electron chi connectivity index (χ3n) is 3.85. The number of nitrogens with zero attached hydrogens (tertiary/aromatic N) is 2. The first-order chi connectivity index (χ1) is 12.7. The van der Waals surface area contributed by atoms with Crippen LogP contribution in [-0.2, 0) is 0 Å². The molecule has 1 heterocycles. The van der Waals surface area contributed by atoms with Gasteiger partial charge in [0.2, 0.25) is 0 Å². The number of rotatable bonds is 7. The molecule has 0 spiro atoms. The van der Waals surface area contributed by atoms with Crippen molar-refractivity contribution in [3.8, 4) is 17.2 Å². The van der Waals surface area contributed by atoms with Gasteiger partial charge in [0.1, 0.15) is 5.75 Å². The first-order valence-electron chi connectivity index (χ1n) is 7.78. The van der Waals surface area contributed by atoms with Gasteiger partial charge in [-0.15, -0.1) is 0 Å². The number of hydrogen-bond acceptors (Lipinski definition) is 7. The quantitative estimate of drug-likeness (QED) is 0.285. The normalized spacial score (nSPS) is 11.6. The van der Waals surface area contributed by atoms with Gasteiger partial charge in [0.15, 0.2) is 16.7 Å². The van der Waals surface area contributed by atoms with Crippen LogP contribution in [0.5, 0.6) is 17.2 Å². The summed E-state index contributed by atoms with van der Waals surface area (Å²) in [7, 11) is 4.76. The van der Waals surface area contributed by atoms with Crippen LogP contribution < -0.4 is 14.2 Å². The second kappa shape index (κ2) is 8.01. The molecule has 8 heteroatoms. The molecule has 0 saturated carbocycles. The molecule has 3 aromatic rings. The largest absolute Gasteiger partial charge is 0.497 e. The summed E-state index contributed by atoms with van der Waals surface area (Å²) < 4.78 is 15.7. The van der Waals surface area contributed by atoms with E-state index in [1.54, 1.807) is 33.5 Å². The van der Waals surface area contributed by atoms with Gasteiger partial charge in [0, 0.05) is 17.4 Å². The van der Waals surface area contributed by atoms with Crippen molar-refractivity contribution in [3.63, 3.8) is 0 Å². The van der Waals surface area contributed by atoms with Crippen molar-refractivity contribution in [1.82, 2.24) is 9.97 Å². The number of ether oxygens (including phenoxy) is 3. The Balaban J connectivity index is 1.77. The highest BCUT2D eigenvalue weighted by atomic mass is 32.2. The standard InChI is InChI=1S/C18H19N3O4S/c1-23-12-5-6-13-14(9-12)20-18(19-13)26-10-15(21-22)11-4-7-16(24-2)17(8-11)25-3/h4-9,22H,10H2,1-3H3,(H,19,20)/b21-15+. The molecule has 3 rings (SSSR count). The minimum Gasteiger partial charge on any atom is -0.497 e. The van der Waals surface area contributed by atoms with E-state index in [0.29, 0.717) is 23.0 Å². The van der Waals surface area contributed by atoms with Crippen molar-refractivity contribution < 1.29 is 19.4 Å². The summed E-state index contributed by atoms with van der Waals surface area (Å²) >= 11 is 1.44. The molecule has 0 aliphatic rings. The molecular formula is C18H19N3O4S. The second-order valence-corrected chi connectivity index (χ2v) is 6.29. The third-order valence-corrected chi connectivity index (χ3v) is 4.73. The van der Waals surface area contributed by atoms with Crippen molar-refractivity contribution in [2.45, 2.75) is 5.16 Å². The van der Waals surface area contributed by atoms with Gasteiger partial charge in [-0.1, -0.05) is 16.9 Å². The summed E-state index contributed by atoms with van der Waals surface area (Å²) in [5.41, 5.74) is 2.99. The lowest BCUT2D eigenvalue weighted by Gasteiger charge is -2.10. The number of H-pyrrole nitrogens is 1. The maximum absolute atomic E-state index is 9.41. The summed E-state index contributed by atoms with van der Waals surface area (Å²) in [4.78, 5) is 7.75. The van der Waals surface area contributed by atoms with Crippen molar-refractivity contribution in [3.05, 3.63) is 42.0 Å². The van der Waals surface area contributed by atoms with Crippen LogP contribution in [0.25, 0.3) is 11.0 Å². The van der Waals surface area contributed by atoms with Crippen LogP contribution in [0.1, 0.15) is 5.56 Å². The Morgan fingerprint density at radius 2 is 1.88 bits per heavy atom. The predicted octanol–water partition coefficient (Wildman–Crippen LogP) is 3.56. The lowest BCUT2D eigenvalue weighted by atomic mass is 10.1. The van der Waals surface area contributed by atoms with Gasteiger partial charge in [-0.2, -0.15) is 0 Å². The highest BCUT2D eigenvalue weighted by Crippen LogP contribution is 2.29. The molecule has 0 aliphatic carbocycles. The minimum absolute atomic E-state index is 0.433. The van der Waals surface area contributed by atoms with E-state index in [4.69, 9.17) is 14.2 Å². The Bertz CT molecular complexity index is 939. The first kappa shape index (κ1) is 17.9. The number of aromatic amines is 1. The molecule has 0 unspecified atom stereocenters. The van der Waals surface area contributed by atoms with Crippen LogP contribution in [0.2, 0.25) is 0 Å². The Kier molecular flexibility index (Phi) is 5.52. The fraction of sp³-hybridized carbons (Fsp3) is 0.222. The fourth-order valence-corrected chi connectivity index (χ4v) is 3.33. The number of hydrogen-bond donors (Lipinski definition) is 2. The number of oxime groups is 1. The zero-order chi connectivity index (χ0) is 18.5. The van der Waals surface area contributed by atoms with Gasteiger partial charge in [0.25, 0.3) is 0 Å². The van der Waals surface area contributed by atoms with Crippen molar-refractivity contribution >= 4 is 28.5 Å². The number of methoxy groups -OCH3 is 3. The van der Waals surface area contributed by atoms with Crippen LogP contribution in [0.15, 0.2) is 46.7 Å². The highest BCUT2D eigenvalue weighted by molar-refractivity contribution is 7.99. The van der Waals surface area contributed by atoms with Crippen molar-refractivity contribution in [1.29, 1.82) is 0 Å². The smallest absolute Gasteiger partial charge is 0.166 e. The summed E-state index contributed by atoms with van der Waals surface area (Å²) in [5.74, 6) is 2.39. The number of aromatic nitrogens is 2. The van der Waals surface area contributed by atoms with Crippen molar-refractivity contribution in [2.75, 3.05) is 27.1 Å². The average molecular weight is 373 g/mol. The lowest BCUT2D eigenvalue weighted by molar-refractivity contribution is 0.319. The molecule has 0 aliphatic heterocycles. The van der Waals surface area contributed by atoms with E-state index in [1.807, 2.05) is 24.3 Å². The molecule has 0 radical (unpaired) electrons. The van der Waals surface area contributed by atoms with E-state index in [0.717, 1.165) is 27.5 Å². The first-order valence-corrected chi connectivity index (χ1v) is 8.77. The number of fused-ring (bicyclic) bond motifs is 1. The molecule has 2 aromatic carbocycles. The van der Waals surface area contributed by atoms with E-state index in [1.165, 1.54) is 11.8 Å². The van der Waals surface area contributed by atoms with Gasteiger partial charge in [-0.25, -0.2) is 4.98 Å². The van der Waals surface area contributed by atoms with E-state index < -0.39 is 0 Å².